The van der Waals surface area contributed by atoms with Crippen molar-refractivity contribution >= 4 is 28.2 Å². The van der Waals surface area contributed by atoms with E-state index in [-0.39, 0.29) is 11.9 Å². The average Bonchev–Trinajstić information content (AvgIpc) is 2.99. The topological polar surface area (TPSA) is 64.3 Å². The van der Waals surface area contributed by atoms with Crippen molar-refractivity contribution in [1.82, 2.24) is 0 Å². The molecule has 27 heavy (non-hydrogen) atoms. The van der Waals surface area contributed by atoms with Gasteiger partial charge in [-0.2, -0.15) is 0 Å². The van der Waals surface area contributed by atoms with Crippen LogP contribution in [0.1, 0.15) is 60.8 Å². The van der Waals surface area contributed by atoms with Crippen LogP contribution in [0.25, 0.3) is 0 Å². The number of piperidine rings is 1. The van der Waals surface area contributed by atoms with Crippen LogP contribution in [0.2, 0.25) is 0 Å². The molecule has 7 heteroatoms. The molecule has 0 bridgehead atoms. The molecule has 0 aliphatic carbocycles. The average molecular weight is 396 g/mol. The van der Waals surface area contributed by atoms with Gasteiger partial charge in [-0.1, -0.05) is 0 Å². The fraction of sp³-hybridized carbons (Fsp3) is 0.700. The normalized spacial score (nSPS) is 20.4. The molecular formula is C20H33N3O3S+2. The van der Waals surface area contributed by atoms with Crippen LogP contribution >= 0.6 is 11.3 Å². The first-order valence-electron chi connectivity index (χ1n) is 10.3. The minimum absolute atomic E-state index is 0.00380. The lowest BCUT2D eigenvalue weighted by atomic mass is 10.0. The van der Waals surface area contributed by atoms with Gasteiger partial charge in [0.1, 0.15) is 11.5 Å². The van der Waals surface area contributed by atoms with Gasteiger partial charge in [0.25, 0.3) is 5.91 Å². The molecule has 0 spiro atoms. The van der Waals surface area contributed by atoms with Crippen molar-refractivity contribution < 1.29 is 24.1 Å². The molecule has 150 valence electrons. The first kappa shape index (κ1) is 20.3. The number of nitrogens with one attached hydrogen (secondary N) is 3. The van der Waals surface area contributed by atoms with E-state index in [1.165, 1.54) is 33.9 Å². The van der Waals surface area contributed by atoms with E-state index in [4.69, 9.17) is 4.74 Å². The number of amides is 1. The highest BCUT2D eigenvalue weighted by atomic mass is 32.1. The molecule has 2 aliphatic rings. The summed E-state index contributed by atoms with van der Waals surface area (Å²) in [5.41, 5.74) is 1.69. The number of thiophene rings is 1. The number of hydrogen-bond donors (Lipinski definition) is 3. The Bertz CT molecular complexity index is 680. The second kappa shape index (κ2) is 9.17. The van der Waals surface area contributed by atoms with Crippen molar-refractivity contribution in [3.63, 3.8) is 0 Å². The molecule has 1 amide bonds. The third kappa shape index (κ3) is 4.89. The molecular weight excluding hydrogens is 362 g/mol. The zero-order chi connectivity index (χ0) is 19.4. The Labute approximate surface area is 165 Å². The second-order valence-electron chi connectivity index (χ2n) is 7.95. The molecule has 1 aromatic rings. The Morgan fingerprint density at radius 3 is 2.59 bits per heavy atom. The van der Waals surface area contributed by atoms with Gasteiger partial charge in [0.2, 0.25) is 0 Å². The van der Waals surface area contributed by atoms with Gasteiger partial charge >= 0.3 is 5.97 Å². The van der Waals surface area contributed by atoms with E-state index in [1.54, 1.807) is 11.3 Å². The zero-order valence-electron chi connectivity index (χ0n) is 16.8. The molecule has 1 unspecified atom stereocenters. The number of ether oxygens (including phenoxy) is 1. The van der Waals surface area contributed by atoms with Gasteiger partial charge in [-0.3, -0.25) is 4.79 Å². The van der Waals surface area contributed by atoms with E-state index >= 15 is 0 Å². The zero-order valence-corrected chi connectivity index (χ0v) is 17.6. The summed E-state index contributed by atoms with van der Waals surface area (Å²) in [5.74, 6) is -0.298. The van der Waals surface area contributed by atoms with Crippen molar-refractivity contribution in [2.45, 2.75) is 59.0 Å². The summed E-state index contributed by atoms with van der Waals surface area (Å²) in [7, 11) is 0. The number of anilines is 1. The predicted octanol–water partition coefficient (Wildman–Crippen LogP) is 0.282. The van der Waals surface area contributed by atoms with Crippen LogP contribution in [-0.2, 0) is 22.5 Å². The summed E-state index contributed by atoms with van der Waals surface area (Å²) in [6.07, 6.45) is 4.51. The SMILES string of the molecule is CCOC(=O)c1c(NC(=O)C[NH+]2CCCCC2)sc2c1CC[NH+](C(C)C)C2. The van der Waals surface area contributed by atoms with E-state index in [2.05, 4.69) is 19.2 Å². The van der Waals surface area contributed by atoms with Crippen molar-refractivity contribution in [2.75, 3.05) is 38.1 Å². The summed E-state index contributed by atoms with van der Waals surface area (Å²) in [6, 6.07) is 0.548. The van der Waals surface area contributed by atoms with Gasteiger partial charge < -0.3 is 19.9 Å². The number of carbonyl (C=O) groups excluding carboxylic acids is 2. The Hall–Kier alpha value is -1.44. The third-order valence-electron chi connectivity index (χ3n) is 5.69. The fourth-order valence-corrected chi connectivity index (χ4v) is 5.43. The minimum Gasteiger partial charge on any atom is -0.462 e. The van der Waals surface area contributed by atoms with E-state index < -0.39 is 0 Å². The van der Waals surface area contributed by atoms with Gasteiger partial charge in [-0.15, -0.1) is 11.3 Å². The van der Waals surface area contributed by atoms with Gasteiger partial charge in [0.05, 0.1) is 42.7 Å². The number of fused-ring (bicyclic) bond motifs is 1. The van der Waals surface area contributed by atoms with Gasteiger partial charge in [0.15, 0.2) is 6.54 Å². The fourth-order valence-electron chi connectivity index (χ4n) is 4.13. The molecule has 0 radical (unpaired) electrons. The van der Waals surface area contributed by atoms with E-state index in [0.717, 1.165) is 38.2 Å². The van der Waals surface area contributed by atoms with Crippen molar-refractivity contribution in [2.24, 2.45) is 0 Å². The molecule has 1 saturated heterocycles. The van der Waals surface area contributed by atoms with E-state index in [1.807, 2.05) is 6.92 Å². The predicted molar refractivity (Wildman–Crippen MR) is 107 cm³/mol. The largest absolute Gasteiger partial charge is 0.462 e. The van der Waals surface area contributed by atoms with Crippen LogP contribution in [-0.4, -0.2) is 50.7 Å². The minimum atomic E-state index is -0.302. The highest BCUT2D eigenvalue weighted by molar-refractivity contribution is 7.17. The highest BCUT2D eigenvalue weighted by Gasteiger charge is 2.32. The maximum atomic E-state index is 12.6. The van der Waals surface area contributed by atoms with Gasteiger partial charge in [-0.05, 0) is 45.6 Å². The summed E-state index contributed by atoms with van der Waals surface area (Å²) in [5, 5.41) is 3.73. The maximum absolute atomic E-state index is 12.6. The standard InChI is InChI=1S/C20H31N3O3S/c1-4-26-20(25)18-15-8-11-23(14(2)3)12-16(15)27-19(18)21-17(24)13-22-9-6-5-7-10-22/h14H,4-13H2,1-3H3,(H,21,24)/p+2. The van der Waals surface area contributed by atoms with E-state index in [0.29, 0.717) is 29.8 Å². The van der Waals surface area contributed by atoms with Crippen LogP contribution in [0.15, 0.2) is 0 Å². The van der Waals surface area contributed by atoms with Gasteiger partial charge in [0, 0.05) is 6.42 Å². The molecule has 2 aliphatic heterocycles. The molecule has 0 aromatic carbocycles. The first-order valence-corrected chi connectivity index (χ1v) is 11.1. The molecule has 3 rings (SSSR count). The quantitative estimate of drug-likeness (QED) is 0.607. The monoisotopic (exact) mass is 395 g/mol. The van der Waals surface area contributed by atoms with Crippen molar-refractivity contribution in [3.8, 4) is 0 Å². The van der Waals surface area contributed by atoms with E-state index in [9.17, 15) is 9.59 Å². The summed E-state index contributed by atoms with van der Waals surface area (Å²) >= 11 is 1.56. The van der Waals surface area contributed by atoms with Crippen LogP contribution in [0.4, 0.5) is 5.00 Å². The molecule has 3 heterocycles. The maximum Gasteiger partial charge on any atom is 0.341 e. The smallest absolute Gasteiger partial charge is 0.341 e. The van der Waals surface area contributed by atoms with Crippen LogP contribution < -0.4 is 15.1 Å². The number of rotatable bonds is 6. The highest BCUT2D eigenvalue weighted by Crippen LogP contribution is 2.35. The van der Waals surface area contributed by atoms with Gasteiger partial charge in [-0.25, -0.2) is 4.79 Å². The Morgan fingerprint density at radius 1 is 1.19 bits per heavy atom. The van der Waals surface area contributed by atoms with Crippen LogP contribution in [0.5, 0.6) is 0 Å². The Kier molecular flexibility index (Phi) is 6.89. The van der Waals surface area contributed by atoms with Crippen LogP contribution in [0, 0.1) is 0 Å². The molecule has 0 saturated carbocycles. The summed E-state index contributed by atoms with van der Waals surface area (Å²) in [4.78, 5) is 29.3. The number of carbonyl (C=O) groups is 2. The number of hydrogen-bond acceptors (Lipinski definition) is 4. The van der Waals surface area contributed by atoms with Crippen molar-refractivity contribution in [3.05, 3.63) is 16.0 Å². The lowest BCUT2D eigenvalue weighted by Gasteiger charge is -2.27. The number of esters is 1. The molecule has 1 fully saturated rings. The number of quaternary nitrogens is 2. The molecule has 6 nitrogen and oxygen atoms in total. The summed E-state index contributed by atoms with van der Waals surface area (Å²) < 4.78 is 5.30. The lowest BCUT2D eigenvalue weighted by Crippen LogP contribution is -3.14. The molecule has 1 aromatic heterocycles. The third-order valence-corrected chi connectivity index (χ3v) is 6.84. The Morgan fingerprint density at radius 2 is 1.93 bits per heavy atom. The lowest BCUT2D eigenvalue weighted by molar-refractivity contribution is -0.936. The second-order valence-corrected chi connectivity index (χ2v) is 9.06. The molecule has 1 atom stereocenters. The first-order chi connectivity index (χ1) is 13.0. The number of likely N-dealkylation sites (tertiary alicyclic amines) is 1. The van der Waals surface area contributed by atoms with Crippen molar-refractivity contribution in [1.29, 1.82) is 0 Å². The Balaban J connectivity index is 1.78. The molecule has 3 N–H and O–H groups in total. The van der Waals surface area contributed by atoms with Crippen LogP contribution in [0.3, 0.4) is 0 Å². The summed E-state index contributed by atoms with van der Waals surface area (Å²) in [6.45, 7) is 11.1.